The minimum absolute atomic E-state index is 0.0718. The molecule has 10 heteroatoms. The summed E-state index contributed by atoms with van der Waals surface area (Å²) in [6, 6.07) is 8.42. The average molecular weight is 448 g/mol. The van der Waals surface area contributed by atoms with Gasteiger partial charge in [0.2, 0.25) is 0 Å². The van der Waals surface area contributed by atoms with Crippen molar-refractivity contribution in [2.45, 2.75) is 19.6 Å². The van der Waals surface area contributed by atoms with Gasteiger partial charge in [-0.25, -0.2) is 4.79 Å². The second kappa shape index (κ2) is 10.3. The number of alkyl halides is 2. The van der Waals surface area contributed by atoms with Gasteiger partial charge in [-0.1, -0.05) is 35.3 Å². The van der Waals surface area contributed by atoms with Gasteiger partial charge < -0.3 is 19.5 Å². The van der Waals surface area contributed by atoms with Crippen LogP contribution in [0.15, 0.2) is 36.4 Å². The minimum Gasteiger partial charge on any atom is -0.493 e. The predicted molar refractivity (Wildman–Crippen MR) is 103 cm³/mol. The van der Waals surface area contributed by atoms with Gasteiger partial charge in [0.1, 0.15) is 5.56 Å². The lowest BCUT2D eigenvalue weighted by atomic mass is 10.1. The Kier molecular flexibility index (Phi) is 8.04. The molecule has 0 bridgehead atoms. The number of ether oxygens (including phenoxy) is 3. The largest absolute Gasteiger partial charge is 0.493 e. The normalized spacial score (nSPS) is 11.7. The summed E-state index contributed by atoms with van der Waals surface area (Å²) >= 11 is 11.8. The highest BCUT2D eigenvalue weighted by atomic mass is 35.5. The highest BCUT2D eigenvalue weighted by molar-refractivity contribution is 6.42. The topological polar surface area (TPSA) is 73.9 Å². The number of halogens is 4. The molecule has 29 heavy (non-hydrogen) atoms. The predicted octanol–water partition coefficient (Wildman–Crippen LogP) is 4.64. The second-order valence-corrected chi connectivity index (χ2v) is 6.57. The van der Waals surface area contributed by atoms with Crippen LogP contribution in [0.4, 0.5) is 8.78 Å². The molecule has 0 aliphatic rings. The zero-order chi connectivity index (χ0) is 21.6. The van der Waals surface area contributed by atoms with Gasteiger partial charge in [0, 0.05) is 0 Å². The van der Waals surface area contributed by atoms with Crippen LogP contribution in [0.1, 0.15) is 28.9 Å². The summed E-state index contributed by atoms with van der Waals surface area (Å²) in [6.45, 7) is -2.10. The lowest BCUT2D eigenvalue weighted by Crippen LogP contribution is -2.31. The number of carbonyl (C=O) groups is 2. The van der Waals surface area contributed by atoms with E-state index < -0.39 is 36.9 Å². The van der Waals surface area contributed by atoms with E-state index in [1.165, 1.54) is 25.3 Å². The summed E-state index contributed by atoms with van der Waals surface area (Å²) < 4.78 is 39.5. The van der Waals surface area contributed by atoms with Gasteiger partial charge in [-0.3, -0.25) is 4.79 Å². The molecule has 0 aromatic heterocycles. The van der Waals surface area contributed by atoms with E-state index in [2.05, 4.69) is 10.1 Å². The Morgan fingerprint density at radius 2 is 1.86 bits per heavy atom. The van der Waals surface area contributed by atoms with Crippen LogP contribution in [0.5, 0.6) is 11.5 Å². The van der Waals surface area contributed by atoms with Crippen molar-refractivity contribution in [3.8, 4) is 11.5 Å². The van der Waals surface area contributed by atoms with Gasteiger partial charge in [0.05, 0.1) is 23.2 Å². The molecule has 6 nitrogen and oxygen atoms in total. The molecule has 1 atom stereocenters. The number of hydrogen-bond acceptors (Lipinski definition) is 5. The van der Waals surface area contributed by atoms with E-state index in [0.29, 0.717) is 15.6 Å². The van der Waals surface area contributed by atoms with Crippen molar-refractivity contribution < 1.29 is 32.6 Å². The van der Waals surface area contributed by atoms with Gasteiger partial charge in [0.25, 0.3) is 5.91 Å². The standard InChI is InChI=1S/C19H17Cl2F2NO5/c1-10(11-6-7-13(20)14(21)8-11)24-16(25)9-28-18(26)12-4-3-5-15(27-2)17(12)29-19(22)23/h3-8,10,19H,9H2,1-2H3,(H,24,25). The smallest absolute Gasteiger partial charge is 0.387 e. The van der Waals surface area contributed by atoms with Crippen LogP contribution in [0.25, 0.3) is 0 Å². The van der Waals surface area contributed by atoms with Gasteiger partial charge in [-0.05, 0) is 36.8 Å². The number of esters is 1. The summed E-state index contributed by atoms with van der Waals surface area (Å²) in [5.41, 5.74) is 0.398. The fraction of sp³-hybridized carbons (Fsp3) is 0.263. The molecular formula is C19H17Cl2F2NO5. The van der Waals surface area contributed by atoms with Crippen molar-refractivity contribution >= 4 is 35.1 Å². The summed E-state index contributed by atoms with van der Waals surface area (Å²) in [7, 11) is 1.24. The van der Waals surface area contributed by atoms with E-state index in [0.717, 1.165) is 0 Å². The zero-order valence-electron chi connectivity index (χ0n) is 15.4. The van der Waals surface area contributed by atoms with E-state index in [9.17, 15) is 18.4 Å². The Balaban J connectivity index is 2.01. The van der Waals surface area contributed by atoms with Crippen LogP contribution in [0.3, 0.4) is 0 Å². The molecule has 0 aliphatic heterocycles. The van der Waals surface area contributed by atoms with E-state index in [1.807, 2.05) is 0 Å². The maximum absolute atomic E-state index is 12.6. The lowest BCUT2D eigenvalue weighted by molar-refractivity contribution is -0.124. The number of para-hydroxylation sites is 1. The number of carbonyl (C=O) groups excluding carboxylic acids is 2. The molecule has 0 fully saturated rings. The Hall–Kier alpha value is -2.58. The molecule has 0 aliphatic carbocycles. The number of benzene rings is 2. The summed E-state index contributed by atoms with van der Waals surface area (Å²) in [4.78, 5) is 24.3. The Morgan fingerprint density at radius 1 is 1.14 bits per heavy atom. The number of methoxy groups -OCH3 is 1. The van der Waals surface area contributed by atoms with E-state index in [-0.39, 0.29) is 11.3 Å². The van der Waals surface area contributed by atoms with Crippen LogP contribution in [-0.4, -0.2) is 32.2 Å². The maximum Gasteiger partial charge on any atom is 0.387 e. The first-order chi connectivity index (χ1) is 13.7. The molecule has 1 N–H and O–H groups in total. The average Bonchev–Trinajstić information content (AvgIpc) is 2.67. The van der Waals surface area contributed by atoms with Gasteiger partial charge >= 0.3 is 12.6 Å². The third-order valence-electron chi connectivity index (χ3n) is 3.78. The van der Waals surface area contributed by atoms with Crippen molar-refractivity contribution in [1.82, 2.24) is 5.32 Å². The number of nitrogens with one attached hydrogen (secondary N) is 1. The number of amides is 1. The Bertz CT molecular complexity index is 895. The monoisotopic (exact) mass is 447 g/mol. The molecule has 0 saturated heterocycles. The van der Waals surface area contributed by atoms with E-state index in [1.54, 1.807) is 25.1 Å². The zero-order valence-corrected chi connectivity index (χ0v) is 16.9. The first-order valence-corrected chi connectivity index (χ1v) is 9.01. The molecule has 0 saturated carbocycles. The van der Waals surface area contributed by atoms with Gasteiger partial charge in [0.15, 0.2) is 18.1 Å². The molecule has 2 aromatic rings. The third-order valence-corrected chi connectivity index (χ3v) is 4.52. The van der Waals surface area contributed by atoms with Crippen molar-refractivity contribution in [3.63, 3.8) is 0 Å². The van der Waals surface area contributed by atoms with Crippen LogP contribution in [0, 0.1) is 0 Å². The molecule has 1 amide bonds. The highest BCUT2D eigenvalue weighted by Gasteiger charge is 2.22. The molecular weight excluding hydrogens is 431 g/mol. The third kappa shape index (κ3) is 6.20. The van der Waals surface area contributed by atoms with Crippen LogP contribution < -0.4 is 14.8 Å². The van der Waals surface area contributed by atoms with Gasteiger partial charge in [-0.15, -0.1) is 0 Å². The van der Waals surface area contributed by atoms with Crippen LogP contribution in [-0.2, 0) is 9.53 Å². The van der Waals surface area contributed by atoms with Crippen molar-refractivity contribution in [2.24, 2.45) is 0 Å². The maximum atomic E-state index is 12.6. The summed E-state index contributed by atoms with van der Waals surface area (Å²) in [5.74, 6) is -2.16. The Labute approximate surface area is 175 Å². The van der Waals surface area contributed by atoms with Gasteiger partial charge in [-0.2, -0.15) is 8.78 Å². The first-order valence-electron chi connectivity index (χ1n) is 8.26. The van der Waals surface area contributed by atoms with Crippen molar-refractivity contribution in [2.75, 3.05) is 13.7 Å². The van der Waals surface area contributed by atoms with Crippen LogP contribution >= 0.6 is 23.2 Å². The molecule has 2 aromatic carbocycles. The highest BCUT2D eigenvalue weighted by Crippen LogP contribution is 2.33. The van der Waals surface area contributed by atoms with Crippen molar-refractivity contribution in [1.29, 1.82) is 0 Å². The fourth-order valence-corrected chi connectivity index (χ4v) is 2.71. The molecule has 156 valence electrons. The lowest BCUT2D eigenvalue weighted by Gasteiger charge is -2.16. The summed E-state index contributed by atoms with van der Waals surface area (Å²) in [5, 5.41) is 3.34. The molecule has 0 heterocycles. The molecule has 2 rings (SSSR count). The summed E-state index contributed by atoms with van der Waals surface area (Å²) in [6.07, 6.45) is 0. The fourth-order valence-electron chi connectivity index (χ4n) is 2.41. The van der Waals surface area contributed by atoms with E-state index in [4.69, 9.17) is 32.7 Å². The quantitative estimate of drug-likeness (QED) is 0.596. The molecule has 1 unspecified atom stereocenters. The van der Waals surface area contributed by atoms with Crippen LogP contribution in [0.2, 0.25) is 10.0 Å². The SMILES string of the molecule is COc1cccc(C(=O)OCC(=O)NC(C)c2ccc(Cl)c(Cl)c2)c1OC(F)F. The molecule has 0 spiro atoms. The number of hydrogen-bond donors (Lipinski definition) is 1. The second-order valence-electron chi connectivity index (χ2n) is 5.75. The first kappa shape index (κ1) is 22.7. The Morgan fingerprint density at radius 3 is 2.48 bits per heavy atom. The number of rotatable bonds is 8. The minimum atomic E-state index is -3.17. The molecule has 0 radical (unpaired) electrons. The van der Waals surface area contributed by atoms with Crippen molar-refractivity contribution in [3.05, 3.63) is 57.6 Å². The van der Waals surface area contributed by atoms with E-state index >= 15 is 0 Å².